The highest BCUT2D eigenvalue weighted by atomic mass is 32.2. The van der Waals surface area contributed by atoms with Crippen LogP contribution in [0.5, 0.6) is 0 Å². The zero-order valence-corrected chi connectivity index (χ0v) is 10.5. The van der Waals surface area contributed by atoms with Gasteiger partial charge in [-0.1, -0.05) is 11.8 Å². The summed E-state index contributed by atoms with van der Waals surface area (Å²) in [5, 5.41) is 3.20. The molecule has 2 N–H and O–H groups in total. The predicted molar refractivity (Wildman–Crippen MR) is 63.3 cm³/mol. The lowest BCUT2D eigenvalue weighted by Gasteiger charge is -2.10. The Labute approximate surface area is 103 Å². The van der Waals surface area contributed by atoms with E-state index < -0.39 is 28.2 Å². The summed E-state index contributed by atoms with van der Waals surface area (Å²) in [6.45, 7) is 2.64. The van der Waals surface area contributed by atoms with E-state index in [9.17, 15) is 18.4 Å². The molecule has 0 aliphatic carbocycles. The Morgan fingerprint density at radius 3 is 2.29 bits per heavy atom. The van der Waals surface area contributed by atoms with Crippen LogP contribution in [-0.4, -0.2) is 24.2 Å². The van der Waals surface area contributed by atoms with Gasteiger partial charge in [-0.2, -0.15) is 4.39 Å². The lowest BCUT2D eigenvalue weighted by atomic mass is 10.4. The highest BCUT2D eigenvalue weighted by Gasteiger charge is 2.09. The highest BCUT2D eigenvalue weighted by Crippen LogP contribution is 2.20. The van der Waals surface area contributed by atoms with E-state index in [2.05, 4.69) is 10.6 Å². The average molecular weight is 264 g/mol. The van der Waals surface area contributed by atoms with Gasteiger partial charge in [0.2, 0.25) is 11.8 Å². The Bertz CT molecular complexity index is 352. The summed E-state index contributed by atoms with van der Waals surface area (Å²) in [4.78, 5) is 21.8. The predicted octanol–water partition coefficient (Wildman–Crippen LogP) is 1.61. The van der Waals surface area contributed by atoms with Crippen molar-refractivity contribution in [3.05, 3.63) is 23.1 Å². The molecule has 0 fully saturated rings. The van der Waals surface area contributed by atoms with Gasteiger partial charge >= 0.3 is 0 Å². The first-order valence-electron chi connectivity index (χ1n) is 4.75. The van der Waals surface area contributed by atoms with Crippen molar-refractivity contribution in [1.82, 2.24) is 10.6 Å². The number of nitrogens with one attached hydrogen (secondary N) is 2. The second-order valence-electron chi connectivity index (χ2n) is 3.06. The molecule has 0 rings (SSSR count). The zero-order chi connectivity index (χ0) is 13.4. The minimum absolute atomic E-state index is 0.576. The molecule has 0 spiro atoms. The maximum atomic E-state index is 13.1. The van der Waals surface area contributed by atoms with E-state index in [1.807, 2.05) is 0 Å². The van der Waals surface area contributed by atoms with Crippen LogP contribution in [0.3, 0.4) is 0 Å². The number of allylic oxidation sites excluding steroid dienone is 1. The normalized spacial score (nSPS) is 14.2. The number of carbonyl (C=O) groups excluding carboxylic acids is 2. The number of carbonyl (C=O) groups is 2. The minimum atomic E-state index is -0.738. The van der Waals surface area contributed by atoms with Crippen molar-refractivity contribution in [1.29, 1.82) is 0 Å². The van der Waals surface area contributed by atoms with Gasteiger partial charge in [-0.15, -0.1) is 0 Å². The summed E-state index contributed by atoms with van der Waals surface area (Å²) in [6.07, 6.45) is 1.53. The van der Waals surface area contributed by atoms with Crippen LogP contribution < -0.4 is 10.6 Å². The Morgan fingerprint density at radius 2 is 1.82 bits per heavy atom. The summed E-state index contributed by atoms with van der Waals surface area (Å²) in [5.74, 6) is -1.87. The standard InChI is InChI=1S/C10H14F2N2O2S/c1-6(11)4-10(16)14-7(2)17-8(12)5-9(15)13-3/h4-5,7H,1-3H3,(H,13,15)(H,14,16)/b6-4+,8-5+. The maximum Gasteiger partial charge on any atom is 0.247 e. The quantitative estimate of drug-likeness (QED) is 0.586. The molecular formula is C10H14F2N2O2S. The molecule has 0 aliphatic rings. The average Bonchev–Trinajstić information content (AvgIpc) is 2.14. The number of amides is 2. The summed E-state index contributed by atoms with van der Waals surface area (Å²) in [7, 11) is 1.37. The van der Waals surface area contributed by atoms with E-state index in [0.717, 1.165) is 19.1 Å². The van der Waals surface area contributed by atoms with Crippen LogP contribution in [0, 0.1) is 0 Å². The van der Waals surface area contributed by atoms with Gasteiger partial charge in [-0.25, -0.2) is 4.39 Å². The van der Waals surface area contributed by atoms with Gasteiger partial charge in [0, 0.05) is 19.2 Å². The van der Waals surface area contributed by atoms with Gasteiger partial charge in [0.1, 0.15) is 5.83 Å². The molecule has 0 bridgehead atoms. The van der Waals surface area contributed by atoms with Gasteiger partial charge in [-0.3, -0.25) is 9.59 Å². The van der Waals surface area contributed by atoms with Crippen molar-refractivity contribution < 1.29 is 18.4 Å². The topological polar surface area (TPSA) is 58.2 Å². The molecule has 96 valence electrons. The molecule has 0 heterocycles. The Balaban J connectivity index is 4.23. The molecule has 0 radical (unpaired) electrons. The summed E-state index contributed by atoms with van der Waals surface area (Å²) < 4.78 is 25.5. The van der Waals surface area contributed by atoms with E-state index in [4.69, 9.17) is 0 Å². The van der Waals surface area contributed by atoms with Crippen LogP contribution in [0.25, 0.3) is 0 Å². The number of likely N-dealkylation sites (N-methyl/N-ethyl adjacent to an activating group) is 1. The maximum absolute atomic E-state index is 13.1. The third-order valence-electron chi connectivity index (χ3n) is 1.46. The molecular weight excluding hydrogens is 250 g/mol. The van der Waals surface area contributed by atoms with E-state index >= 15 is 0 Å². The molecule has 2 amide bonds. The van der Waals surface area contributed by atoms with Crippen molar-refractivity contribution in [2.75, 3.05) is 7.05 Å². The van der Waals surface area contributed by atoms with Crippen molar-refractivity contribution in [3.8, 4) is 0 Å². The fourth-order valence-electron chi connectivity index (χ4n) is 0.830. The lowest BCUT2D eigenvalue weighted by Crippen LogP contribution is -2.28. The second kappa shape index (κ2) is 7.83. The molecule has 0 aromatic heterocycles. The van der Waals surface area contributed by atoms with E-state index in [1.54, 1.807) is 0 Å². The number of rotatable bonds is 5. The van der Waals surface area contributed by atoms with Crippen molar-refractivity contribution in [3.63, 3.8) is 0 Å². The smallest absolute Gasteiger partial charge is 0.247 e. The van der Waals surface area contributed by atoms with Gasteiger partial charge in [0.15, 0.2) is 5.16 Å². The van der Waals surface area contributed by atoms with Crippen LogP contribution in [0.2, 0.25) is 0 Å². The van der Waals surface area contributed by atoms with Crippen LogP contribution in [0.1, 0.15) is 13.8 Å². The van der Waals surface area contributed by atoms with E-state index in [0.29, 0.717) is 11.8 Å². The van der Waals surface area contributed by atoms with Crippen LogP contribution in [0.4, 0.5) is 8.78 Å². The van der Waals surface area contributed by atoms with Gasteiger partial charge in [-0.05, 0) is 13.8 Å². The first-order chi connectivity index (χ1) is 7.85. The van der Waals surface area contributed by atoms with Crippen molar-refractivity contribution in [2.24, 2.45) is 0 Å². The second-order valence-corrected chi connectivity index (χ2v) is 4.40. The van der Waals surface area contributed by atoms with Gasteiger partial charge < -0.3 is 10.6 Å². The van der Waals surface area contributed by atoms with Crippen LogP contribution >= 0.6 is 11.8 Å². The molecule has 4 nitrogen and oxygen atoms in total. The Hall–Kier alpha value is -1.37. The van der Waals surface area contributed by atoms with E-state index in [-0.39, 0.29) is 0 Å². The number of thioether (sulfide) groups is 1. The third-order valence-corrected chi connectivity index (χ3v) is 2.27. The monoisotopic (exact) mass is 264 g/mol. The number of hydrogen-bond acceptors (Lipinski definition) is 3. The largest absolute Gasteiger partial charge is 0.356 e. The summed E-state index contributed by atoms with van der Waals surface area (Å²) in [6, 6.07) is 0. The number of hydrogen-bond donors (Lipinski definition) is 2. The number of halogens is 2. The SMILES string of the molecule is CNC(=O)/C=C(\F)SC(C)NC(=O)/C=C(\C)F. The van der Waals surface area contributed by atoms with Gasteiger partial charge in [0.25, 0.3) is 0 Å². The van der Waals surface area contributed by atoms with Gasteiger partial charge in [0.05, 0.1) is 5.37 Å². The fraction of sp³-hybridized carbons (Fsp3) is 0.400. The highest BCUT2D eigenvalue weighted by molar-refractivity contribution is 8.03. The van der Waals surface area contributed by atoms with Crippen molar-refractivity contribution >= 4 is 23.6 Å². The molecule has 7 heteroatoms. The molecule has 0 aromatic carbocycles. The van der Waals surface area contributed by atoms with Crippen LogP contribution in [-0.2, 0) is 9.59 Å². The summed E-state index contributed by atoms with van der Waals surface area (Å²) >= 11 is 0.649. The zero-order valence-electron chi connectivity index (χ0n) is 9.71. The molecule has 0 aromatic rings. The molecule has 1 atom stereocenters. The van der Waals surface area contributed by atoms with E-state index in [1.165, 1.54) is 14.0 Å². The lowest BCUT2D eigenvalue weighted by molar-refractivity contribution is -0.117. The fourth-order valence-corrected chi connectivity index (χ4v) is 1.52. The molecule has 17 heavy (non-hydrogen) atoms. The minimum Gasteiger partial charge on any atom is -0.356 e. The molecule has 0 aliphatic heterocycles. The third kappa shape index (κ3) is 8.44. The first-order valence-corrected chi connectivity index (χ1v) is 5.63. The van der Waals surface area contributed by atoms with Crippen LogP contribution in [0.15, 0.2) is 23.1 Å². The first kappa shape index (κ1) is 15.6. The molecule has 0 saturated heterocycles. The Morgan fingerprint density at radius 1 is 1.24 bits per heavy atom. The van der Waals surface area contributed by atoms with Crippen molar-refractivity contribution in [2.45, 2.75) is 19.2 Å². The molecule has 0 saturated carbocycles. The Kier molecular flexibility index (Phi) is 7.20. The summed E-state index contributed by atoms with van der Waals surface area (Å²) in [5.41, 5.74) is 0. The molecule has 1 unspecified atom stereocenters.